The van der Waals surface area contributed by atoms with Gasteiger partial charge >= 0.3 is 5.97 Å². The Morgan fingerprint density at radius 3 is 2.96 bits per heavy atom. The average Bonchev–Trinajstić information content (AvgIpc) is 2.90. The lowest BCUT2D eigenvalue weighted by atomic mass is 9.84. The second-order valence-electron chi connectivity index (χ2n) is 5.99. The SMILES string of the molecule is N#Cc1cccc(-c2cc(C(=O)O)ccn2)c1C1CCCNCC1. The Morgan fingerprint density at radius 1 is 1.29 bits per heavy atom. The molecule has 0 amide bonds. The van der Waals surface area contributed by atoms with Gasteiger partial charge in [0.1, 0.15) is 0 Å². The Labute approximate surface area is 141 Å². The molecule has 5 nitrogen and oxygen atoms in total. The molecule has 0 spiro atoms. The summed E-state index contributed by atoms with van der Waals surface area (Å²) in [5, 5.41) is 22.2. The standard InChI is InChI=1S/C19H19N3O2/c20-12-15-3-1-5-16(17-11-14(19(23)24)7-10-22-17)18(15)13-4-2-8-21-9-6-13/h1,3,5,7,10-11,13,21H,2,4,6,8-9H2,(H,23,24). The summed E-state index contributed by atoms with van der Waals surface area (Å²) in [7, 11) is 0. The van der Waals surface area contributed by atoms with Gasteiger partial charge in [0.25, 0.3) is 0 Å². The Bertz CT molecular complexity index is 787. The first-order valence-corrected chi connectivity index (χ1v) is 8.14. The molecule has 0 radical (unpaired) electrons. The number of hydrogen-bond donors (Lipinski definition) is 2. The minimum atomic E-state index is -0.977. The molecule has 1 aromatic heterocycles. The third-order valence-electron chi connectivity index (χ3n) is 4.49. The zero-order chi connectivity index (χ0) is 16.9. The Hall–Kier alpha value is -2.71. The van der Waals surface area contributed by atoms with Crippen LogP contribution in [0.4, 0.5) is 0 Å². The van der Waals surface area contributed by atoms with E-state index < -0.39 is 5.97 Å². The van der Waals surface area contributed by atoms with Crippen LogP contribution in [-0.4, -0.2) is 29.1 Å². The van der Waals surface area contributed by atoms with Crippen LogP contribution in [0.5, 0.6) is 0 Å². The van der Waals surface area contributed by atoms with Gasteiger partial charge in [-0.1, -0.05) is 12.1 Å². The van der Waals surface area contributed by atoms with Crippen molar-refractivity contribution in [2.75, 3.05) is 13.1 Å². The molecular weight excluding hydrogens is 302 g/mol. The van der Waals surface area contributed by atoms with Crippen molar-refractivity contribution in [2.45, 2.75) is 25.2 Å². The van der Waals surface area contributed by atoms with Gasteiger partial charge in [-0.05, 0) is 62.0 Å². The third-order valence-corrected chi connectivity index (χ3v) is 4.49. The lowest BCUT2D eigenvalue weighted by Crippen LogP contribution is -2.14. The quantitative estimate of drug-likeness (QED) is 0.907. The fourth-order valence-electron chi connectivity index (χ4n) is 3.34. The maximum atomic E-state index is 11.3. The van der Waals surface area contributed by atoms with Crippen molar-refractivity contribution in [2.24, 2.45) is 0 Å². The number of hydrogen-bond acceptors (Lipinski definition) is 4. The van der Waals surface area contributed by atoms with Gasteiger partial charge in [-0.25, -0.2) is 4.79 Å². The maximum Gasteiger partial charge on any atom is 0.335 e. The summed E-state index contributed by atoms with van der Waals surface area (Å²) in [6.45, 7) is 1.92. The highest BCUT2D eigenvalue weighted by Crippen LogP contribution is 2.36. The number of nitrogens with one attached hydrogen (secondary N) is 1. The molecule has 1 fully saturated rings. The molecule has 0 bridgehead atoms. The van der Waals surface area contributed by atoms with Crippen molar-refractivity contribution in [1.82, 2.24) is 10.3 Å². The normalized spacial score (nSPS) is 17.7. The van der Waals surface area contributed by atoms with Crippen LogP contribution in [0.2, 0.25) is 0 Å². The average molecular weight is 321 g/mol. The van der Waals surface area contributed by atoms with E-state index in [4.69, 9.17) is 0 Å². The minimum Gasteiger partial charge on any atom is -0.478 e. The fraction of sp³-hybridized carbons (Fsp3) is 0.316. The van der Waals surface area contributed by atoms with Crippen LogP contribution in [-0.2, 0) is 0 Å². The topological polar surface area (TPSA) is 86.0 Å². The van der Waals surface area contributed by atoms with E-state index >= 15 is 0 Å². The number of nitrogens with zero attached hydrogens (tertiary/aromatic N) is 2. The van der Waals surface area contributed by atoms with E-state index in [-0.39, 0.29) is 11.5 Å². The van der Waals surface area contributed by atoms with Gasteiger partial charge in [0.05, 0.1) is 22.9 Å². The molecule has 24 heavy (non-hydrogen) atoms. The van der Waals surface area contributed by atoms with E-state index in [1.54, 1.807) is 6.07 Å². The van der Waals surface area contributed by atoms with Crippen molar-refractivity contribution in [3.8, 4) is 17.3 Å². The summed E-state index contributed by atoms with van der Waals surface area (Å²) >= 11 is 0. The van der Waals surface area contributed by atoms with Crippen molar-refractivity contribution in [3.63, 3.8) is 0 Å². The van der Waals surface area contributed by atoms with Gasteiger partial charge in [0.2, 0.25) is 0 Å². The van der Waals surface area contributed by atoms with Crippen LogP contribution in [0.25, 0.3) is 11.3 Å². The van der Waals surface area contributed by atoms with Crippen LogP contribution in [0.1, 0.15) is 46.7 Å². The molecule has 5 heteroatoms. The van der Waals surface area contributed by atoms with Crippen LogP contribution in [0, 0.1) is 11.3 Å². The van der Waals surface area contributed by atoms with E-state index in [0.717, 1.165) is 43.5 Å². The monoisotopic (exact) mass is 321 g/mol. The molecule has 2 heterocycles. The van der Waals surface area contributed by atoms with Crippen molar-refractivity contribution >= 4 is 5.97 Å². The second-order valence-corrected chi connectivity index (χ2v) is 5.99. The molecule has 3 rings (SSSR count). The highest BCUT2D eigenvalue weighted by molar-refractivity contribution is 5.89. The first-order valence-electron chi connectivity index (χ1n) is 8.14. The summed E-state index contributed by atoms with van der Waals surface area (Å²) in [5.74, 6) is -0.698. The van der Waals surface area contributed by atoms with Gasteiger partial charge in [-0.3, -0.25) is 4.98 Å². The summed E-state index contributed by atoms with van der Waals surface area (Å²) in [4.78, 5) is 15.6. The zero-order valence-corrected chi connectivity index (χ0v) is 13.3. The largest absolute Gasteiger partial charge is 0.478 e. The molecule has 122 valence electrons. The lowest BCUT2D eigenvalue weighted by Gasteiger charge is -2.20. The van der Waals surface area contributed by atoms with Crippen molar-refractivity contribution < 1.29 is 9.90 Å². The molecule has 1 aliphatic heterocycles. The van der Waals surface area contributed by atoms with Gasteiger partial charge in [-0.2, -0.15) is 5.26 Å². The van der Waals surface area contributed by atoms with Gasteiger partial charge in [0, 0.05) is 11.8 Å². The number of nitriles is 1. The van der Waals surface area contributed by atoms with E-state index in [9.17, 15) is 15.2 Å². The summed E-state index contributed by atoms with van der Waals surface area (Å²) in [5.41, 5.74) is 3.33. The number of carbonyl (C=O) groups is 1. The van der Waals surface area contributed by atoms with Crippen LogP contribution in [0.15, 0.2) is 36.5 Å². The first-order chi connectivity index (χ1) is 11.7. The molecule has 2 N–H and O–H groups in total. The molecule has 1 aromatic carbocycles. The number of aromatic carboxylic acids is 1. The summed E-state index contributed by atoms with van der Waals surface area (Å²) in [6, 6.07) is 11.0. The van der Waals surface area contributed by atoms with Crippen molar-refractivity contribution in [3.05, 3.63) is 53.2 Å². The third kappa shape index (κ3) is 3.29. The molecular formula is C19H19N3O2. The highest BCUT2D eigenvalue weighted by Gasteiger charge is 2.22. The highest BCUT2D eigenvalue weighted by atomic mass is 16.4. The molecule has 0 saturated carbocycles. The molecule has 1 unspecified atom stereocenters. The molecule has 1 aliphatic rings. The van der Waals surface area contributed by atoms with Gasteiger partial charge in [0.15, 0.2) is 0 Å². The molecule has 2 aromatic rings. The summed E-state index contributed by atoms with van der Waals surface area (Å²) < 4.78 is 0. The predicted octanol–water partition coefficient (Wildman–Crippen LogP) is 3.18. The maximum absolute atomic E-state index is 11.3. The van der Waals surface area contributed by atoms with Crippen LogP contribution < -0.4 is 5.32 Å². The molecule has 1 saturated heterocycles. The smallest absolute Gasteiger partial charge is 0.335 e. The van der Waals surface area contributed by atoms with Gasteiger partial charge < -0.3 is 10.4 Å². The Balaban J connectivity index is 2.12. The number of carboxylic acids is 1. The molecule has 1 atom stereocenters. The number of carboxylic acid groups (broad SMARTS) is 1. The second kappa shape index (κ2) is 7.24. The van der Waals surface area contributed by atoms with E-state index in [1.807, 2.05) is 18.2 Å². The minimum absolute atomic E-state index is 0.204. The Morgan fingerprint density at radius 2 is 2.17 bits per heavy atom. The first kappa shape index (κ1) is 16.2. The predicted molar refractivity (Wildman–Crippen MR) is 90.8 cm³/mol. The lowest BCUT2D eigenvalue weighted by molar-refractivity contribution is 0.0697. The fourth-order valence-corrected chi connectivity index (χ4v) is 3.34. The van der Waals surface area contributed by atoms with E-state index in [0.29, 0.717) is 11.3 Å². The molecule has 0 aliphatic carbocycles. The Kier molecular flexibility index (Phi) is 4.88. The summed E-state index contributed by atoms with van der Waals surface area (Å²) in [6.07, 6.45) is 4.55. The van der Waals surface area contributed by atoms with E-state index in [1.165, 1.54) is 12.3 Å². The number of aromatic nitrogens is 1. The number of pyridine rings is 1. The van der Waals surface area contributed by atoms with Crippen LogP contribution >= 0.6 is 0 Å². The van der Waals surface area contributed by atoms with E-state index in [2.05, 4.69) is 16.4 Å². The van der Waals surface area contributed by atoms with Crippen molar-refractivity contribution in [1.29, 1.82) is 5.26 Å². The van der Waals surface area contributed by atoms with Crippen LogP contribution in [0.3, 0.4) is 0 Å². The number of rotatable bonds is 3. The zero-order valence-electron chi connectivity index (χ0n) is 13.3. The number of benzene rings is 1. The van der Waals surface area contributed by atoms with Gasteiger partial charge in [-0.15, -0.1) is 0 Å².